The highest BCUT2D eigenvalue weighted by Gasteiger charge is 2.21. The van der Waals surface area contributed by atoms with Crippen molar-refractivity contribution in [2.75, 3.05) is 14.2 Å². The molecule has 0 fully saturated rings. The lowest BCUT2D eigenvalue weighted by molar-refractivity contribution is 0.418. The Balaban J connectivity index is 2.30. The Morgan fingerprint density at radius 1 is 1.16 bits per heavy atom. The molecule has 0 saturated heterocycles. The number of benzene rings is 2. The summed E-state index contributed by atoms with van der Waals surface area (Å²) in [5.41, 5.74) is 2.93. The van der Waals surface area contributed by atoms with Gasteiger partial charge in [-0.1, -0.05) is 30.7 Å². The molecule has 0 radical (unpaired) electrons. The first-order chi connectivity index (χ1) is 9.35. The van der Waals surface area contributed by atoms with Gasteiger partial charge in [-0.3, -0.25) is 0 Å². The van der Waals surface area contributed by atoms with Gasteiger partial charge in [-0.2, -0.15) is 0 Å². The van der Waals surface area contributed by atoms with Crippen LogP contribution in [0.3, 0.4) is 0 Å². The first-order valence-corrected chi connectivity index (χ1v) is 7.11. The van der Waals surface area contributed by atoms with Crippen molar-refractivity contribution in [1.82, 2.24) is 5.32 Å². The maximum atomic E-state index is 5.60. The molecule has 0 saturated carbocycles. The van der Waals surface area contributed by atoms with Gasteiger partial charge in [-0.05, 0) is 48.9 Å². The van der Waals surface area contributed by atoms with Gasteiger partial charge in [0.15, 0.2) is 0 Å². The molecule has 0 bridgehead atoms. The minimum absolute atomic E-state index is 0.455. The molecular weight excluding hydrogens is 234 g/mol. The van der Waals surface area contributed by atoms with Crippen LogP contribution in [0.4, 0.5) is 0 Å². The Labute approximate surface area is 114 Å². The number of hydrogen-bond acceptors (Lipinski definition) is 2. The second-order valence-electron chi connectivity index (χ2n) is 5.28. The van der Waals surface area contributed by atoms with Crippen LogP contribution in [0, 0.1) is 0 Å². The van der Waals surface area contributed by atoms with Crippen molar-refractivity contribution in [1.29, 1.82) is 0 Å². The molecule has 2 heteroatoms. The monoisotopic (exact) mass is 255 g/mol. The number of fused-ring (bicyclic) bond motifs is 3. The maximum Gasteiger partial charge on any atom is 0.127 e. The van der Waals surface area contributed by atoms with Crippen molar-refractivity contribution >= 4 is 10.8 Å². The zero-order chi connectivity index (χ0) is 13.2. The average molecular weight is 255 g/mol. The lowest BCUT2D eigenvalue weighted by atomic mass is 9.92. The Bertz CT molecular complexity index is 591. The van der Waals surface area contributed by atoms with E-state index < -0.39 is 0 Å². The van der Waals surface area contributed by atoms with E-state index >= 15 is 0 Å². The predicted molar refractivity (Wildman–Crippen MR) is 79.9 cm³/mol. The number of ether oxygens (including phenoxy) is 1. The van der Waals surface area contributed by atoms with E-state index in [1.165, 1.54) is 47.6 Å². The van der Waals surface area contributed by atoms with Crippen molar-refractivity contribution in [3.05, 3.63) is 41.5 Å². The summed E-state index contributed by atoms with van der Waals surface area (Å²) in [6.07, 6.45) is 4.96. The summed E-state index contributed by atoms with van der Waals surface area (Å²) >= 11 is 0. The van der Waals surface area contributed by atoms with Gasteiger partial charge in [0.25, 0.3) is 0 Å². The maximum absolute atomic E-state index is 5.60. The smallest absolute Gasteiger partial charge is 0.127 e. The summed E-state index contributed by atoms with van der Waals surface area (Å²) in [5, 5.41) is 6.06. The summed E-state index contributed by atoms with van der Waals surface area (Å²) in [6.45, 7) is 0. The number of methoxy groups -OCH3 is 1. The van der Waals surface area contributed by atoms with Crippen molar-refractivity contribution in [3.8, 4) is 5.75 Å². The van der Waals surface area contributed by atoms with E-state index in [2.05, 4.69) is 42.7 Å². The van der Waals surface area contributed by atoms with Crippen molar-refractivity contribution in [3.63, 3.8) is 0 Å². The van der Waals surface area contributed by atoms with Crippen molar-refractivity contribution < 1.29 is 4.74 Å². The molecule has 0 aliphatic heterocycles. The average Bonchev–Trinajstić information content (AvgIpc) is 2.68. The molecule has 1 N–H and O–H groups in total. The van der Waals surface area contributed by atoms with Crippen LogP contribution >= 0.6 is 0 Å². The third-order valence-electron chi connectivity index (χ3n) is 4.27. The van der Waals surface area contributed by atoms with E-state index in [0.29, 0.717) is 6.04 Å². The Morgan fingerprint density at radius 3 is 2.68 bits per heavy atom. The molecule has 0 amide bonds. The van der Waals surface area contributed by atoms with E-state index in [1.807, 2.05) is 0 Å². The molecule has 1 unspecified atom stereocenters. The Hall–Kier alpha value is -1.54. The van der Waals surface area contributed by atoms with Gasteiger partial charge in [0, 0.05) is 11.4 Å². The quantitative estimate of drug-likeness (QED) is 0.823. The molecule has 19 heavy (non-hydrogen) atoms. The highest BCUT2D eigenvalue weighted by atomic mass is 16.5. The summed E-state index contributed by atoms with van der Waals surface area (Å²) in [7, 11) is 3.82. The largest absolute Gasteiger partial charge is 0.496 e. The van der Waals surface area contributed by atoms with Crippen LogP contribution in [0.1, 0.15) is 36.4 Å². The minimum atomic E-state index is 0.455. The summed E-state index contributed by atoms with van der Waals surface area (Å²) < 4.78 is 5.60. The van der Waals surface area contributed by atoms with Crippen LogP contribution in [0.15, 0.2) is 30.3 Å². The second kappa shape index (κ2) is 5.22. The van der Waals surface area contributed by atoms with Gasteiger partial charge in [0.1, 0.15) is 5.75 Å². The SMILES string of the molecule is CNC1CCCCc2c1cc(OC)c1ccccc21. The summed E-state index contributed by atoms with van der Waals surface area (Å²) in [5.74, 6) is 0.997. The van der Waals surface area contributed by atoms with Crippen molar-refractivity contribution in [2.24, 2.45) is 0 Å². The summed E-state index contributed by atoms with van der Waals surface area (Å²) in [6, 6.07) is 11.3. The molecule has 0 heterocycles. The van der Waals surface area contributed by atoms with Crippen molar-refractivity contribution in [2.45, 2.75) is 31.7 Å². The van der Waals surface area contributed by atoms with Crippen LogP contribution < -0.4 is 10.1 Å². The molecule has 1 aliphatic carbocycles. The molecule has 2 aromatic carbocycles. The minimum Gasteiger partial charge on any atom is -0.496 e. The Morgan fingerprint density at radius 2 is 1.95 bits per heavy atom. The zero-order valence-corrected chi connectivity index (χ0v) is 11.7. The highest BCUT2D eigenvalue weighted by Crippen LogP contribution is 2.38. The van der Waals surface area contributed by atoms with Gasteiger partial charge in [0.2, 0.25) is 0 Å². The molecule has 100 valence electrons. The van der Waals surface area contributed by atoms with Crippen LogP contribution in [0.25, 0.3) is 10.8 Å². The van der Waals surface area contributed by atoms with E-state index in [9.17, 15) is 0 Å². The Kier molecular flexibility index (Phi) is 3.43. The fourth-order valence-electron chi connectivity index (χ4n) is 3.29. The van der Waals surface area contributed by atoms with Gasteiger partial charge >= 0.3 is 0 Å². The molecule has 2 nitrogen and oxygen atoms in total. The topological polar surface area (TPSA) is 21.3 Å². The molecule has 2 aromatic rings. The zero-order valence-electron chi connectivity index (χ0n) is 11.7. The lowest BCUT2D eigenvalue weighted by Gasteiger charge is -2.20. The second-order valence-corrected chi connectivity index (χ2v) is 5.28. The molecule has 0 aromatic heterocycles. The standard InChI is InChI=1S/C17H21NO/c1-18-16-10-6-5-8-13-12-7-3-4-9-14(12)17(19-2)11-15(13)16/h3-4,7,9,11,16,18H,5-6,8,10H2,1-2H3. The predicted octanol–water partition coefficient (Wildman–Crippen LogP) is 3.84. The van der Waals surface area contributed by atoms with Crippen LogP contribution in [0.5, 0.6) is 5.75 Å². The van der Waals surface area contributed by atoms with Crippen LogP contribution in [-0.2, 0) is 6.42 Å². The normalized spacial score (nSPS) is 18.9. The molecule has 0 spiro atoms. The van der Waals surface area contributed by atoms with Crippen LogP contribution in [-0.4, -0.2) is 14.2 Å². The third kappa shape index (κ3) is 2.10. The van der Waals surface area contributed by atoms with Crippen LogP contribution in [0.2, 0.25) is 0 Å². The first kappa shape index (κ1) is 12.5. The van der Waals surface area contributed by atoms with E-state index in [-0.39, 0.29) is 0 Å². The highest BCUT2D eigenvalue weighted by molar-refractivity contribution is 5.92. The van der Waals surface area contributed by atoms with E-state index in [1.54, 1.807) is 7.11 Å². The van der Waals surface area contributed by atoms with Gasteiger partial charge < -0.3 is 10.1 Å². The van der Waals surface area contributed by atoms with E-state index in [0.717, 1.165) is 5.75 Å². The molecule has 3 rings (SSSR count). The summed E-state index contributed by atoms with van der Waals surface area (Å²) in [4.78, 5) is 0. The number of hydrogen-bond donors (Lipinski definition) is 1. The van der Waals surface area contributed by atoms with Gasteiger partial charge in [-0.15, -0.1) is 0 Å². The molecular formula is C17H21NO. The molecule has 1 atom stereocenters. The third-order valence-corrected chi connectivity index (χ3v) is 4.27. The fraction of sp³-hybridized carbons (Fsp3) is 0.412. The number of nitrogens with one attached hydrogen (secondary N) is 1. The number of aryl methyl sites for hydroxylation is 1. The lowest BCUT2D eigenvalue weighted by Crippen LogP contribution is -2.16. The number of rotatable bonds is 2. The van der Waals surface area contributed by atoms with Gasteiger partial charge in [0.05, 0.1) is 7.11 Å². The molecule has 1 aliphatic rings. The van der Waals surface area contributed by atoms with E-state index in [4.69, 9.17) is 4.74 Å². The fourth-order valence-corrected chi connectivity index (χ4v) is 3.29. The van der Waals surface area contributed by atoms with Gasteiger partial charge in [-0.25, -0.2) is 0 Å². The first-order valence-electron chi connectivity index (χ1n) is 7.11.